The molecule has 0 aliphatic heterocycles. The van der Waals surface area contributed by atoms with E-state index in [1.165, 1.54) is 0 Å². The van der Waals surface area contributed by atoms with Crippen molar-refractivity contribution in [2.75, 3.05) is 13.7 Å². The molecule has 6 heteroatoms. The number of carbonyl (C=O) groups is 2. The third-order valence-corrected chi connectivity index (χ3v) is 4.07. The monoisotopic (exact) mass is 359 g/mol. The number of carbonyl (C=O) groups excluding carboxylic acids is 2. The van der Waals surface area contributed by atoms with Gasteiger partial charge < -0.3 is 9.47 Å². The Morgan fingerprint density at radius 3 is 2.81 bits per heavy atom. The molecule has 1 aromatic carbocycles. The molecule has 1 aromatic heterocycles. The molecule has 0 N–H and O–H groups in total. The number of esters is 1. The summed E-state index contributed by atoms with van der Waals surface area (Å²) in [7, 11) is 1.59. The van der Waals surface area contributed by atoms with Gasteiger partial charge in [-0.2, -0.15) is 0 Å². The molecule has 0 atom stereocenters. The number of imidazole rings is 1. The number of Topliss-reactive ketones (excluding diaryl/α,β-unsaturated/α-hetero) is 1. The van der Waals surface area contributed by atoms with Crippen LogP contribution in [0, 0.1) is 0 Å². The maximum Gasteiger partial charge on any atom is 0.305 e. The van der Waals surface area contributed by atoms with E-state index in [1.54, 1.807) is 19.2 Å². The van der Waals surface area contributed by atoms with Crippen LogP contribution < -0.4 is 9.30 Å². The largest absolute Gasteiger partial charge is 0.497 e. The van der Waals surface area contributed by atoms with Gasteiger partial charge >= 0.3 is 5.97 Å². The van der Waals surface area contributed by atoms with E-state index in [2.05, 4.69) is 4.57 Å². The maximum atomic E-state index is 12.4. The molecular weight excluding hydrogens is 332 g/mol. The molecule has 0 unspecified atom stereocenters. The smallest absolute Gasteiger partial charge is 0.305 e. The summed E-state index contributed by atoms with van der Waals surface area (Å²) in [4.78, 5) is 23.6. The fourth-order valence-electron chi connectivity index (χ4n) is 2.69. The van der Waals surface area contributed by atoms with Crippen molar-refractivity contribution in [2.24, 2.45) is 0 Å². The van der Waals surface area contributed by atoms with Crippen LogP contribution in [-0.4, -0.2) is 30.0 Å². The molecule has 6 nitrogen and oxygen atoms in total. The van der Waals surface area contributed by atoms with E-state index in [-0.39, 0.29) is 11.8 Å². The second-order valence-electron chi connectivity index (χ2n) is 6.09. The Labute approximate surface area is 154 Å². The van der Waals surface area contributed by atoms with E-state index in [1.807, 2.05) is 42.3 Å². The van der Waals surface area contributed by atoms with E-state index < -0.39 is 0 Å². The average Bonchev–Trinajstić information content (AvgIpc) is 3.09. The summed E-state index contributed by atoms with van der Waals surface area (Å²) < 4.78 is 14.0. The van der Waals surface area contributed by atoms with Crippen LogP contribution in [0.3, 0.4) is 0 Å². The summed E-state index contributed by atoms with van der Waals surface area (Å²) in [5.74, 6) is 0.602. The molecule has 0 aliphatic carbocycles. The number of rotatable bonds is 11. The average molecular weight is 359 g/mol. The predicted molar refractivity (Wildman–Crippen MR) is 97.1 cm³/mol. The number of hydrogen-bond donors (Lipinski definition) is 0. The van der Waals surface area contributed by atoms with Crippen molar-refractivity contribution in [1.29, 1.82) is 0 Å². The molecule has 0 saturated heterocycles. The van der Waals surface area contributed by atoms with Crippen LogP contribution in [0.1, 0.15) is 43.0 Å². The fraction of sp³-hybridized carbons (Fsp3) is 0.450. The summed E-state index contributed by atoms with van der Waals surface area (Å²) in [5.41, 5.74) is 0.642. The highest BCUT2D eigenvalue weighted by atomic mass is 16.5. The molecule has 0 saturated carbocycles. The van der Waals surface area contributed by atoms with E-state index in [4.69, 9.17) is 9.47 Å². The van der Waals surface area contributed by atoms with E-state index in [9.17, 15) is 9.59 Å². The highest BCUT2D eigenvalue weighted by Gasteiger charge is 2.12. The molecule has 0 amide bonds. The summed E-state index contributed by atoms with van der Waals surface area (Å²) in [6.07, 6.45) is 9.07. The van der Waals surface area contributed by atoms with Crippen molar-refractivity contribution in [3.8, 4) is 5.75 Å². The van der Waals surface area contributed by atoms with Gasteiger partial charge in [-0.05, 0) is 38.3 Å². The number of aromatic nitrogens is 2. The molecule has 0 bridgehead atoms. The normalized spacial score (nSPS) is 10.5. The topological polar surface area (TPSA) is 61.4 Å². The minimum absolute atomic E-state index is 0.0427. The van der Waals surface area contributed by atoms with Crippen LogP contribution in [0.2, 0.25) is 0 Å². The lowest BCUT2D eigenvalue weighted by atomic mass is 10.1. The summed E-state index contributed by atoms with van der Waals surface area (Å²) >= 11 is 0. The standard InChI is InChI=1S/C20H27N2O4/c1-3-26-20(24)10-5-4-6-11-21-12-13-22(16-21)15-19(23)17-8-7-9-18(14-17)25-2/h7-9,12-14,16H,3-6,10-11,15H2,1-2H3/q+1. The summed E-state index contributed by atoms with van der Waals surface area (Å²) in [6, 6.07) is 7.19. The third kappa shape index (κ3) is 6.35. The van der Waals surface area contributed by atoms with Gasteiger partial charge in [0.1, 0.15) is 18.1 Å². The van der Waals surface area contributed by atoms with Gasteiger partial charge in [-0.25, -0.2) is 9.13 Å². The van der Waals surface area contributed by atoms with Crippen molar-refractivity contribution in [2.45, 2.75) is 45.7 Å². The van der Waals surface area contributed by atoms with Crippen molar-refractivity contribution in [3.05, 3.63) is 48.5 Å². The number of nitrogens with zero attached hydrogens (tertiary/aromatic N) is 2. The molecule has 2 aromatic rings. The van der Waals surface area contributed by atoms with Gasteiger partial charge in [-0.3, -0.25) is 9.59 Å². The molecule has 2 rings (SSSR count). The van der Waals surface area contributed by atoms with Crippen LogP contribution in [0.4, 0.5) is 0 Å². The second-order valence-corrected chi connectivity index (χ2v) is 6.09. The second kappa shape index (κ2) is 10.4. The van der Waals surface area contributed by atoms with E-state index in [0.717, 1.165) is 25.8 Å². The first-order valence-corrected chi connectivity index (χ1v) is 9.00. The van der Waals surface area contributed by atoms with E-state index in [0.29, 0.717) is 30.9 Å². The van der Waals surface area contributed by atoms with Crippen molar-refractivity contribution in [3.63, 3.8) is 0 Å². The summed E-state index contributed by atoms with van der Waals surface area (Å²) in [5, 5.41) is 0. The Balaban J connectivity index is 1.75. The maximum absolute atomic E-state index is 12.4. The summed E-state index contributed by atoms with van der Waals surface area (Å²) in [6.45, 7) is 3.42. The highest BCUT2D eigenvalue weighted by Crippen LogP contribution is 2.13. The zero-order chi connectivity index (χ0) is 18.8. The number of unbranched alkanes of at least 4 members (excludes halogenated alkanes) is 2. The highest BCUT2D eigenvalue weighted by molar-refractivity contribution is 5.95. The molecular formula is C20H27N2O4+. The zero-order valence-corrected chi connectivity index (χ0v) is 15.5. The lowest BCUT2D eigenvalue weighted by Crippen LogP contribution is -2.35. The van der Waals surface area contributed by atoms with Gasteiger partial charge in [0, 0.05) is 12.0 Å². The molecule has 0 aliphatic rings. The van der Waals surface area contributed by atoms with Gasteiger partial charge in [0.2, 0.25) is 12.1 Å². The number of benzene rings is 1. The minimum atomic E-state index is -0.123. The predicted octanol–water partition coefficient (Wildman–Crippen LogP) is 2.79. The van der Waals surface area contributed by atoms with Gasteiger partial charge in [0.15, 0.2) is 6.54 Å². The van der Waals surface area contributed by atoms with Crippen LogP contribution in [0.15, 0.2) is 43.0 Å². The molecule has 140 valence electrons. The van der Waals surface area contributed by atoms with Crippen molar-refractivity contribution in [1.82, 2.24) is 4.57 Å². The van der Waals surface area contributed by atoms with Crippen molar-refractivity contribution >= 4 is 11.8 Å². The van der Waals surface area contributed by atoms with Crippen LogP contribution in [-0.2, 0) is 22.6 Å². The van der Waals surface area contributed by atoms with E-state index >= 15 is 0 Å². The van der Waals surface area contributed by atoms with Crippen molar-refractivity contribution < 1.29 is 23.6 Å². The van der Waals surface area contributed by atoms with Gasteiger partial charge in [0.05, 0.1) is 20.3 Å². The quantitative estimate of drug-likeness (QED) is 0.268. The lowest BCUT2D eigenvalue weighted by molar-refractivity contribution is -0.682. The first-order chi connectivity index (χ1) is 12.6. The molecule has 0 fully saturated rings. The van der Waals surface area contributed by atoms with Gasteiger partial charge in [-0.15, -0.1) is 0 Å². The zero-order valence-electron chi connectivity index (χ0n) is 15.5. The molecule has 0 radical (unpaired) electrons. The minimum Gasteiger partial charge on any atom is -0.497 e. The Morgan fingerprint density at radius 1 is 1.19 bits per heavy atom. The van der Waals surface area contributed by atoms with Gasteiger partial charge in [0.25, 0.3) is 0 Å². The Bertz CT molecular complexity index is 724. The fourth-order valence-corrected chi connectivity index (χ4v) is 2.69. The third-order valence-electron chi connectivity index (χ3n) is 4.07. The number of hydrogen-bond acceptors (Lipinski definition) is 4. The number of ketones is 1. The SMILES string of the molecule is CCOC(=O)CCCCCn1cc[n+](CC(=O)c2cccc(OC)c2)c1. The Morgan fingerprint density at radius 2 is 2.04 bits per heavy atom. The first kappa shape index (κ1) is 19.7. The van der Waals surface area contributed by atoms with Crippen LogP contribution in [0.25, 0.3) is 0 Å². The van der Waals surface area contributed by atoms with Gasteiger partial charge in [-0.1, -0.05) is 12.1 Å². The van der Waals surface area contributed by atoms with Crippen LogP contribution >= 0.6 is 0 Å². The lowest BCUT2D eigenvalue weighted by Gasteiger charge is -2.02. The first-order valence-electron chi connectivity index (χ1n) is 9.00. The molecule has 26 heavy (non-hydrogen) atoms. The molecule has 0 spiro atoms. The number of aryl methyl sites for hydroxylation is 1. The number of methoxy groups -OCH3 is 1. The van der Waals surface area contributed by atoms with Crippen LogP contribution in [0.5, 0.6) is 5.75 Å². The Kier molecular flexibility index (Phi) is 7.86. The Hall–Kier alpha value is -2.63. The molecule has 1 heterocycles. The number of ether oxygens (including phenoxy) is 2.